The number of rotatable bonds is 7. The number of nitrogens with zero attached hydrogens (tertiary/aromatic N) is 2. The van der Waals surface area contributed by atoms with Gasteiger partial charge in [-0.25, -0.2) is 4.98 Å². The van der Waals surface area contributed by atoms with Crippen LogP contribution in [0.2, 0.25) is 0 Å². The molecular formula is C12H22N2S. The molecule has 0 radical (unpaired) electrons. The first-order valence-electron chi connectivity index (χ1n) is 5.88. The summed E-state index contributed by atoms with van der Waals surface area (Å²) >= 11 is 4.26. The molecule has 0 aliphatic rings. The lowest BCUT2D eigenvalue weighted by Crippen LogP contribution is -2.07. The smallest absolute Gasteiger partial charge is 0.108 e. The summed E-state index contributed by atoms with van der Waals surface area (Å²) in [5, 5.41) is 0. The number of aromatic nitrogens is 2. The zero-order chi connectivity index (χ0) is 11.1. The summed E-state index contributed by atoms with van der Waals surface area (Å²) in [6.07, 6.45) is 8.71. The first-order valence-corrected chi connectivity index (χ1v) is 6.52. The molecule has 0 amide bonds. The quantitative estimate of drug-likeness (QED) is 0.707. The van der Waals surface area contributed by atoms with Crippen molar-refractivity contribution in [2.45, 2.75) is 46.1 Å². The minimum atomic E-state index is 0.763. The maximum Gasteiger partial charge on any atom is 0.108 e. The fourth-order valence-corrected chi connectivity index (χ4v) is 2.16. The van der Waals surface area contributed by atoms with Crippen LogP contribution in [0.3, 0.4) is 0 Å². The van der Waals surface area contributed by atoms with Crippen molar-refractivity contribution in [3.8, 4) is 0 Å². The topological polar surface area (TPSA) is 17.8 Å². The third kappa shape index (κ3) is 4.29. The monoisotopic (exact) mass is 226 g/mol. The van der Waals surface area contributed by atoms with E-state index in [0.29, 0.717) is 0 Å². The molecule has 1 unspecified atom stereocenters. The maximum atomic E-state index is 4.38. The molecule has 1 rings (SSSR count). The van der Waals surface area contributed by atoms with Crippen molar-refractivity contribution in [1.29, 1.82) is 0 Å². The van der Waals surface area contributed by atoms with E-state index in [9.17, 15) is 0 Å². The van der Waals surface area contributed by atoms with Gasteiger partial charge in [0.05, 0.1) is 0 Å². The molecule has 1 aromatic rings. The van der Waals surface area contributed by atoms with Crippen molar-refractivity contribution in [2.24, 2.45) is 5.92 Å². The normalized spacial score (nSPS) is 13.0. The predicted octanol–water partition coefficient (Wildman–Crippen LogP) is 3.18. The molecule has 0 aliphatic heterocycles. The van der Waals surface area contributed by atoms with Gasteiger partial charge in [0.25, 0.3) is 0 Å². The lowest BCUT2D eigenvalue weighted by Gasteiger charge is -2.11. The Morgan fingerprint density at radius 1 is 1.47 bits per heavy atom. The molecule has 0 aliphatic carbocycles. The second-order valence-corrected chi connectivity index (χ2v) is 4.64. The van der Waals surface area contributed by atoms with Gasteiger partial charge in [-0.1, -0.05) is 13.8 Å². The fraction of sp³-hybridized carbons (Fsp3) is 0.750. The molecule has 0 saturated carbocycles. The fourth-order valence-electron chi connectivity index (χ4n) is 1.72. The Hall–Kier alpha value is -0.440. The number of hydrogen-bond acceptors (Lipinski definition) is 2. The number of aryl methyl sites for hydroxylation is 2. The first kappa shape index (κ1) is 12.6. The molecule has 3 heteroatoms. The molecule has 0 aromatic carbocycles. The van der Waals surface area contributed by atoms with Crippen molar-refractivity contribution >= 4 is 12.6 Å². The number of hydrogen-bond donors (Lipinski definition) is 1. The molecule has 0 fully saturated rings. The van der Waals surface area contributed by atoms with Gasteiger partial charge in [-0.3, -0.25) is 0 Å². The van der Waals surface area contributed by atoms with Gasteiger partial charge < -0.3 is 4.57 Å². The Bertz CT molecular complexity index is 270. The van der Waals surface area contributed by atoms with Gasteiger partial charge in [-0.15, -0.1) is 0 Å². The predicted molar refractivity (Wildman–Crippen MR) is 68.5 cm³/mol. The van der Waals surface area contributed by atoms with E-state index < -0.39 is 0 Å². The van der Waals surface area contributed by atoms with E-state index in [1.54, 1.807) is 0 Å². The molecule has 2 nitrogen and oxygen atoms in total. The van der Waals surface area contributed by atoms with Crippen LogP contribution in [-0.2, 0) is 13.0 Å². The Morgan fingerprint density at radius 3 is 2.93 bits per heavy atom. The molecule has 15 heavy (non-hydrogen) atoms. The molecule has 1 heterocycles. The van der Waals surface area contributed by atoms with Crippen LogP contribution in [0.4, 0.5) is 0 Å². The third-order valence-electron chi connectivity index (χ3n) is 2.76. The third-order valence-corrected chi connectivity index (χ3v) is 3.02. The van der Waals surface area contributed by atoms with Crippen molar-refractivity contribution in [1.82, 2.24) is 9.55 Å². The minimum Gasteiger partial charge on any atom is -0.335 e. The molecule has 0 bridgehead atoms. The van der Waals surface area contributed by atoms with E-state index in [4.69, 9.17) is 0 Å². The van der Waals surface area contributed by atoms with Crippen LogP contribution < -0.4 is 0 Å². The van der Waals surface area contributed by atoms with Gasteiger partial charge in [0.15, 0.2) is 0 Å². The minimum absolute atomic E-state index is 0.763. The molecule has 0 spiro atoms. The van der Waals surface area contributed by atoms with Gasteiger partial charge in [0.1, 0.15) is 5.82 Å². The van der Waals surface area contributed by atoms with Crippen LogP contribution >= 0.6 is 12.6 Å². The van der Waals surface area contributed by atoms with Gasteiger partial charge in [-0.2, -0.15) is 12.6 Å². The molecule has 0 saturated heterocycles. The van der Waals surface area contributed by atoms with E-state index in [1.807, 2.05) is 6.20 Å². The van der Waals surface area contributed by atoms with Gasteiger partial charge >= 0.3 is 0 Å². The van der Waals surface area contributed by atoms with E-state index in [0.717, 1.165) is 24.6 Å². The number of imidazole rings is 1. The molecule has 0 N–H and O–H groups in total. The molecule has 1 atom stereocenters. The van der Waals surface area contributed by atoms with E-state index in [1.165, 1.54) is 25.1 Å². The van der Waals surface area contributed by atoms with E-state index >= 15 is 0 Å². The summed E-state index contributed by atoms with van der Waals surface area (Å²) < 4.78 is 2.29. The molecular weight excluding hydrogens is 204 g/mol. The zero-order valence-electron chi connectivity index (χ0n) is 9.82. The number of thiol groups is 1. The van der Waals surface area contributed by atoms with Crippen molar-refractivity contribution < 1.29 is 0 Å². The van der Waals surface area contributed by atoms with Crippen LogP contribution in [0.25, 0.3) is 0 Å². The lowest BCUT2D eigenvalue weighted by atomic mass is 10.1. The van der Waals surface area contributed by atoms with Crippen molar-refractivity contribution in [3.05, 3.63) is 18.2 Å². The first-order chi connectivity index (χ1) is 7.27. The summed E-state index contributed by atoms with van der Waals surface area (Å²) in [5.41, 5.74) is 0. The summed E-state index contributed by atoms with van der Waals surface area (Å²) in [4.78, 5) is 4.38. The van der Waals surface area contributed by atoms with Crippen molar-refractivity contribution in [3.63, 3.8) is 0 Å². The molecule has 1 aromatic heterocycles. The Kier molecular flexibility index (Phi) is 5.84. The average molecular weight is 226 g/mol. The standard InChI is InChI=1S/C12H22N2S/c1-3-4-12-13-7-9-14(12)8-5-11(2)6-10-15/h7,9,11,15H,3-6,8,10H2,1-2H3. The van der Waals surface area contributed by atoms with Crippen LogP contribution in [0.5, 0.6) is 0 Å². The highest BCUT2D eigenvalue weighted by Gasteiger charge is 2.04. The second kappa shape index (κ2) is 6.94. The van der Waals surface area contributed by atoms with Crippen LogP contribution in [-0.4, -0.2) is 15.3 Å². The largest absolute Gasteiger partial charge is 0.335 e. The van der Waals surface area contributed by atoms with E-state index in [2.05, 4.69) is 42.2 Å². The highest BCUT2D eigenvalue weighted by Crippen LogP contribution is 2.11. The molecule has 86 valence electrons. The summed E-state index contributed by atoms with van der Waals surface area (Å²) in [6, 6.07) is 0. The van der Waals surface area contributed by atoms with Crippen LogP contribution in [0, 0.1) is 5.92 Å². The average Bonchev–Trinajstić information content (AvgIpc) is 2.64. The Morgan fingerprint density at radius 2 is 2.27 bits per heavy atom. The Balaban J connectivity index is 2.39. The zero-order valence-corrected chi connectivity index (χ0v) is 10.7. The van der Waals surface area contributed by atoms with Crippen LogP contribution in [0.15, 0.2) is 12.4 Å². The van der Waals surface area contributed by atoms with Crippen LogP contribution in [0.1, 0.15) is 38.9 Å². The van der Waals surface area contributed by atoms with Gasteiger partial charge in [0, 0.05) is 25.4 Å². The highest BCUT2D eigenvalue weighted by atomic mass is 32.1. The maximum absolute atomic E-state index is 4.38. The summed E-state index contributed by atoms with van der Waals surface area (Å²) in [7, 11) is 0. The van der Waals surface area contributed by atoms with Gasteiger partial charge in [-0.05, 0) is 30.9 Å². The Labute approximate surface area is 98.5 Å². The van der Waals surface area contributed by atoms with E-state index in [-0.39, 0.29) is 0 Å². The lowest BCUT2D eigenvalue weighted by molar-refractivity contribution is 0.464. The summed E-state index contributed by atoms with van der Waals surface area (Å²) in [5.74, 6) is 2.99. The highest BCUT2D eigenvalue weighted by molar-refractivity contribution is 7.80. The second-order valence-electron chi connectivity index (χ2n) is 4.19. The van der Waals surface area contributed by atoms with Gasteiger partial charge in [0.2, 0.25) is 0 Å². The SMILES string of the molecule is CCCc1nccn1CCC(C)CCS. The van der Waals surface area contributed by atoms with Crippen molar-refractivity contribution in [2.75, 3.05) is 5.75 Å². The summed E-state index contributed by atoms with van der Waals surface area (Å²) in [6.45, 7) is 5.60.